The van der Waals surface area contributed by atoms with Crippen LogP contribution in [0, 0.1) is 0 Å². The molecule has 0 fully saturated rings. The molecule has 16 nitrogen and oxygen atoms in total. The third-order valence-corrected chi connectivity index (χ3v) is 18.1. The van der Waals surface area contributed by atoms with Crippen LogP contribution >= 0.6 is 15.6 Å². The van der Waals surface area contributed by atoms with Gasteiger partial charge >= 0.3 is 33.6 Å². The largest absolute Gasteiger partial charge is 0.472 e. The maximum atomic E-state index is 13.0. The van der Waals surface area contributed by atoms with Crippen molar-refractivity contribution >= 4 is 33.6 Å². The predicted octanol–water partition coefficient (Wildman–Crippen LogP) is 23.4. The van der Waals surface area contributed by atoms with E-state index in [0.29, 0.717) is 19.3 Å². The van der Waals surface area contributed by atoms with E-state index in [4.69, 9.17) is 32.3 Å². The highest BCUT2D eigenvalue weighted by Crippen LogP contribution is 2.45. The van der Waals surface area contributed by atoms with Gasteiger partial charge in [-0.1, -0.05) is 301 Å². The molecule has 0 aliphatic rings. The monoisotopic (exact) mass is 1480 g/mol. The van der Waals surface area contributed by atoms with Gasteiger partial charge in [0.1, 0.15) is 25.4 Å². The lowest BCUT2D eigenvalue weighted by Crippen LogP contribution is -2.30. The molecule has 0 radical (unpaired) electrons. The Bertz CT molecular complexity index is 2500. The Labute approximate surface area is 625 Å². The van der Waals surface area contributed by atoms with E-state index in [1.807, 2.05) is 0 Å². The first-order valence-electron chi connectivity index (χ1n) is 39.8. The van der Waals surface area contributed by atoms with Gasteiger partial charge in [0, 0.05) is 19.3 Å². The number of hydrogen-bond acceptors (Lipinski definition) is 14. The first-order valence-corrected chi connectivity index (χ1v) is 42.8. The Morgan fingerprint density at radius 3 is 0.767 bits per heavy atom. The number of carbonyl (C=O) groups is 3. The second kappa shape index (κ2) is 76.8. The van der Waals surface area contributed by atoms with Crippen LogP contribution in [0.1, 0.15) is 303 Å². The molecule has 0 aromatic rings. The van der Waals surface area contributed by atoms with E-state index in [2.05, 4.69) is 179 Å². The molecule has 0 spiro atoms. The first-order chi connectivity index (χ1) is 50.2. The van der Waals surface area contributed by atoms with Crippen LogP contribution in [-0.2, 0) is 55.8 Å². The number of rotatable bonds is 74. The molecule has 0 aromatic heterocycles. The molecule has 4 N–H and O–H groups in total. The minimum Gasteiger partial charge on any atom is -0.463 e. The molecule has 0 aromatic carbocycles. The topological polar surface area (TPSA) is 231 Å². The van der Waals surface area contributed by atoms with Gasteiger partial charge in [-0.05, 0) is 141 Å². The molecule has 0 aliphatic heterocycles. The molecule has 0 amide bonds. The molecular formula is C85H142O16P2. The second-order valence-corrected chi connectivity index (χ2v) is 29.0. The van der Waals surface area contributed by atoms with Gasteiger partial charge in [-0.2, -0.15) is 0 Å². The molecule has 5 unspecified atom stereocenters. The fraction of sp³-hybridized carbons (Fsp3) is 0.659. The Morgan fingerprint density at radius 1 is 0.272 bits per heavy atom. The Kier molecular flexibility index (Phi) is 73.2. The zero-order valence-electron chi connectivity index (χ0n) is 64.2. The van der Waals surface area contributed by atoms with Crippen molar-refractivity contribution in [3.8, 4) is 0 Å². The van der Waals surface area contributed by atoms with Gasteiger partial charge in [-0.25, -0.2) is 9.13 Å². The van der Waals surface area contributed by atoms with Crippen LogP contribution in [0.4, 0.5) is 0 Å². The van der Waals surface area contributed by atoms with Crippen LogP contribution in [0.3, 0.4) is 0 Å². The van der Waals surface area contributed by atoms with Crippen LogP contribution < -0.4 is 0 Å². The Hall–Kier alpha value is -4.83. The number of allylic oxidation sites excluding steroid dienone is 26. The van der Waals surface area contributed by atoms with Crippen molar-refractivity contribution in [1.82, 2.24) is 0 Å². The van der Waals surface area contributed by atoms with Gasteiger partial charge in [0.2, 0.25) is 0 Å². The molecule has 18 heteroatoms. The van der Waals surface area contributed by atoms with E-state index in [1.165, 1.54) is 51.4 Å². The average molecular weight is 1480 g/mol. The van der Waals surface area contributed by atoms with Gasteiger partial charge in [-0.15, -0.1) is 0 Å². The standard InChI is InChI=1S/C85H142O16P2/c1-4-7-10-13-16-19-22-25-28-31-33-35-37-39-41-43-45-48-50-53-56-59-62-65-68-71-83(88)95-74-80(86)75-97-102(91,92)98-76-81(87)77-99-103(93,94)100-79-82(101-85(90)73-70-67-64-61-58-55-52-47-30-27-24-21-18-15-12-9-6-3)78-96-84(89)72-69-66-63-60-57-54-51-49-46-44-42-40-38-36-34-32-29-26-23-20-17-14-11-8-5-2/h7-12,16-21,25-30,33-36,39-42,80-82,86-87H,4-6,13-15,22-24,31-32,37-38,43-79H2,1-3H3,(H,91,92)(H,93,94)/b10-7-,11-8-,12-9-,19-16-,20-17-,21-18-,28-25-,29-26-,30-27-,35-33-,36-34-,41-39-,42-40-. The number of esters is 3. The molecule has 0 aliphatic carbocycles. The molecule has 588 valence electrons. The lowest BCUT2D eigenvalue weighted by molar-refractivity contribution is -0.161. The number of phosphoric acid groups is 2. The molecule has 0 saturated heterocycles. The molecule has 0 heterocycles. The lowest BCUT2D eigenvalue weighted by atomic mass is 10.1. The summed E-state index contributed by atoms with van der Waals surface area (Å²) in [5.41, 5.74) is 0. The number of hydrogen-bond donors (Lipinski definition) is 4. The third kappa shape index (κ3) is 78.1. The maximum absolute atomic E-state index is 13.0. The van der Waals surface area contributed by atoms with E-state index in [9.17, 15) is 43.5 Å². The zero-order valence-corrected chi connectivity index (χ0v) is 66.0. The smallest absolute Gasteiger partial charge is 0.463 e. The lowest BCUT2D eigenvalue weighted by Gasteiger charge is -2.21. The predicted molar refractivity (Wildman–Crippen MR) is 426 cm³/mol. The van der Waals surface area contributed by atoms with E-state index >= 15 is 0 Å². The number of carbonyl (C=O) groups excluding carboxylic acids is 3. The molecule has 5 atom stereocenters. The summed E-state index contributed by atoms with van der Waals surface area (Å²) in [5, 5.41) is 20.6. The van der Waals surface area contributed by atoms with Crippen LogP contribution in [0.25, 0.3) is 0 Å². The minimum atomic E-state index is -4.94. The fourth-order valence-electron chi connectivity index (χ4n) is 10.3. The van der Waals surface area contributed by atoms with Crippen molar-refractivity contribution in [1.29, 1.82) is 0 Å². The van der Waals surface area contributed by atoms with Crippen molar-refractivity contribution in [2.24, 2.45) is 0 Å². The van der Waals surface area contributed by atoms with E-state index < -0.39 is 91.5 Å². The van der Waals surface area contributed by atoms with Gasteiger partial charge < -0.3 is 34.2 Å². The molecular weight excluding hydrogens is 1340 g/mol. The van der Waals surface area contributed by atoms with Gasteiger partial charge in [0.25, 0.3) is 0 Å². The van der Waals surface area contributed by atoms with Crippen LogP contribution in [0.5, 0.6) is 0 Å². The molecule has 0 rings (SSSR count). The highest BCUT2D eigenvalue weighted by molar-refractivity contribution is 7.47. The summed E-state index contributed by atoms with van der Waals surface area (Å²) < 4.78 is 61.2. The van der Waals surface area contributed by atoms with Crippen molar-refractivity contribution in [3.05, 3.63) is 158 Å². The highest BCUT2D eigenvalue weighted by Gasteiger charge is 2.29. The number of phosphoric ester groups is 2. The van der Waals surface area contributed by atoms with Crippen molar-refractivity contribution in [2.75, 3.05) is 39.6 Å². The first kappa shape index (κ1) is 98.2. The summed E-state index contributed by atoms with van der Waals surface area (Å²) in [5.74, 6) is -1.60. The number of aliphatic hydroxyl groups is 2. The summed E-state index contributed by atoms with van der Waals surface area (Å²) in [6, 6.07) is 0. The van der Waals surface area contributed by atoms with E-state index in [-0.39, 0.29) is 19.3 Å². The molecule has 0 bridgehead atoms. The summed E-state index contributed by atoms with van der Waals surface area (Å²) in [6.45, 7) is 2.32. The number of unbranched alkanes of at least 4 members (excludes halogenated alkanes) is 25. The number of ether oxygens (including phenoxy) is 3. The van der Waals surface area contributed by atoms with Crippen molar-refractivity contribution < 1.29 is 75.8 Å². The average Bonchev–Trinajstić information content (AvgIpc) is 0.914. The SMILES string of the molecule is CC/C=C\C/C=C\C/C=C\C/C=C\C/C=C\CCCCCCCCCCCC(=O)OCC(O)COP(=O)(O)OCC(O)COP(=O)(O)OCC(COC(=O)CCCCCCCCCCC/C=C\C/C=C\C/C=C\C/C=C\C/C=C\CC)OC(=O)CCCCCCCCC/C=C\C/C=C\C/C=C\CC. The zero-order chi connectivity index (χ0) is 75.2. The summed E-state index contributed by atoms with van der Waals surface area (Å²) >= 11 is 0. The van der Waals surface area contributed by atoms with Crippen LogP contribution in [-0.4, -0.2) is 95.9 Å². The van der Waals surface area contributed by atoms with E-state index in [1.54, 1.807) is 0 Å². The highest BCUT2D eigenvalue weighted by atomic mass is 31.2. The van der Waals surface area contributed by atoms with Crippen LogP contribution in [0.2, 0.25) is 0 Å². The number of aliphatic hydroxyl groups excluding tert-OH is 2. The molecule has 103 heavy (non-hydrogen) atoms. The summed E-state index contributed by atoms with van der Waals surface area (Å²) in [7, 11) is -9.81. The molecule has 0 saturated carbocycles. The van der Waals surface area contributed by atoms with Crippen molar-refractivity contribution in [2.45, 2.75) is 322 Å². The normalized spacial score (nSPS) is 14.8. The quantitative estimate of drug-likeness (QED) is 0.0146. The van der Waals surface area contributed by atoms with Crippen LogP contribution in [0.15, 0.2) is 158 Å². The van der Waals surface area contributed by atoms with E-state index in [0.717, 1.165) is 193 Å². The minimum absolute atomic E-state index is 0.0873. The Balaban J connectivity index is 4.65. The maximum Gasteiger partial charge on any atom is 0.472 e. The summed E-state index contributed by atoms with van der Waals surface area (Å²) in [6.07, 6.45) is 95.6. The Morgan fingerprint density at radius 2 is 0.485 bits per heavy atom. The van der Waals surface area contributed by atoms with Gasteiger partial charge in [-0.3, -0.25) is 32.5 Å². The van der Waals surface area contributed by atoms with Crippen molar-refractivity contribution in [3.63, 3.8) is 0 Å². The summed E-state index contributed by atoms with van der Waals surface area (Å²) in [4.78, 5) is 58.7. The second-order valence-electron chi connectivity index (χ2n) is 26.1. The fourth-order valence-corrected chi connectivity index (χ4v) is 11.9. The van der Waals surface area contributed by atoms with Gasteiger partial charge in [0.15, 0.2) is 6.10 Å². The third-order valence-electron chi connectivity index (χ3n) is 16.2. The van der Waals surface area contributed by atoms with Gasteiger partial charge in [0.05, 0.1) is 26.4 Å².